The van der Waals surface area contributed by atoms with Gasteiger partial charge in [-0.05, 0) is 19.8 Å². The topological polar surface area (TPSA) is 61.4 Å². The molecule has 4 nitrogen and oxygen atoms in total. The van der Waals surface area contributed by atoms with Crippen molar-refractivity contribution in [2.75, 3.05) is 19.7 Å². The summed E-state index contributed by atoms with van der Waals surface area (Å²) in [5.74, 6) is 0.435. The van der Waals surface area contributed by atoms with Gasteiger partial charge in [0, 0.05) is 12.1 Å². The van der Waals surface area contributed by atoms with Crippen molar-refractivity contribution in [1.29, 1.82) is 0 Å². The van der Waals surface area contributed by atoms with Crippen molar-refractivity contribution in [2.24, 2.45) is 5.92 Å². The Balaban J connectivity index is 3.64. The van der Waals surface area contributed by atoms with Gasteiger partial charge in [-0.2, -0.15) is 0 Å². The third-order valence-corrected chi connectivity index (χ3v) is 1.83. The fourth-order valence-electron chi connectivity index (χ4n) is 0.756. The smallest absolute Gasteiger partial charge is 0.233 e. The molecule has 4 heteroatoms. The summed E-state index contributed by atoms with van der Waals surface area (Å²) >= 11 is 0. The van der Waals surface area contributed by atoms with Gasteiger partial charge < -0.3 is 15.7 Å². The molecule has 3 N–H and O–H groups in total. The molecule has 0 saturated carbocycles. The maximum atomic E-state index is 11.3. The summed E-state index contributed by atoms with van der Waals surface area (Å²) in [7, 11) is 0. The van der Waals surface area contributed by atoms with Gasteiger partial charge >= 0.3 is 0 Å². The minimum Gasteiger partial charge on any atom is -0.394 e. The highest BCUT2D eigenvalue weighted by atomic mass is 16.3. The molecule has 0 aliphatic rings. The minimum atomic E-state index is -0.394. The Morgan fingerprint density at radius 1 is 1.43 bits per heavy atom. The number of hydrogen-bond donors (Lipinski definition) is 3. The van der Waals surface area contributed by atoms with E-state index < -0.39 is 5.54 Å². The van der Waals surface area contributed by atoms with Gasteiger partial charge in [-0.25, -0.2) is 0 Å². The number of hydrogen-bond acceptors (Lipinski definition) is 3. The maximum absolute atomic E-state index is 11.3. The molecular weight excluding hydrogens is 180 g/mol. The first-order valence-electron chi connectivity index (χ1n) is 5.00. The van der Waals surface area contributed by atoms with E-state index in [0.717, 1.165) is 0 Å². The third-order valence-electron chi connectivity index (χ3n) is 1.83. The highest BCUT2D eigenvalue weighted by molar-refractivity contribution is 5.78. The van der Waals surface area contributed by atoms with E-state index in [1.165, 1.54) is 0 Å². The number of nitrogens with one attached hydrogen (secondary N) is 2. The van der Waals surface area contributed by atoms with Gasteiger partial charge in [0.05, 0.1) is 13.2 Å². The Bertz CT molecular complexity index is 179. The van der Waals surface area contributed by atoms with Crippen molar-refractivity contribution in [3.05, 3.63) is 0 Å². The summed E-state index contributed by atoms with van der Waals surface area (Å²) in [6.07, 6.45) is 0. The van der Waals surface area contributed by atoms with Crippen molar-refractivity contribution < 1.29 is 9.90 Å². The molecule has 0 aliphatic heterocycles. The number of rotatable bonds is 6. The molecule has 0 radical (unpaired) electrons. The molecule has 0 atom stereocenters. The second-order valence-electron chi connectivity index (χ2n) is 4.59. The third kappa shape index (κ3) is 6.86. The van der Waals surface area contributed by atoms with Crippen LogP contribution in [0.2, 0.25) is 0 Å². The lowest BCUT2D eigenvalue weighted by Crippen LogP contribution is -2.47. The van der Waals surface area contributed by atoms with Crippen LogP contribution in [0.4, 0.5) is 0 Å². The van der Waals surface area contributed by atoms with Crippen LogP contribution in [0.25, 0.3) is 0 Å². The lowest BCUT2D eigenvalue weighted by atomic mass is 10.1. The number of carbonyl (C=O) groups excluding carboxylic acids is 1. The monoisotopic (exact) mass is 202 g/mol. The molecule has 0 bridgehead atoms. The number of aliphatic hydroxyl groups excluding tert-OH is 1. The zero-order valence-corrected chi connectivity index (χ0v) is 9.55. The Labute approximate surface area is 86.1 Å². The van der Waals surface area contributed by atoms with Crippen LogP contribution in [0, 0.1) is 5.92 Å². The largest absolute Gasteiger partial charge is 0.394 e. The van der Waals surface area contributed by atoms with Crippen LogP contribution in [0.5, 0.6) is 0 Å². The summed E-state index contributed by atoms with van der Waals surface area (Å²) in [6.45, 7) is 8.76. The zero-order chi connectivity index (χ0) is 11.2. The second-order valence-corrected chi connectivity index (χ2v) is 4.59. The molecule has 0 heterocycles. The van der Waals surface area contributed by atoms with E-state index in [0.29, 0.717) is 12.5 Å². The van der Waals surface area contributed by atoms with Crippen LogP contribution in [0.3, 0.4) is 0 Å². The summed E-state index contributed by atoms with van der Waals surface area (Å²) in [5, 5.41) is 14.7. The second kappa shape index (κ2) is 5.98. The van der Waals surface area contributed by atoms with Gasteiger partial charge in [0.15, 0.2) is 0 Å². The number of carbonyl (C=O) groups is 1. The highest BCUT2D eigenvalue weighted by Gasteiger charge is 2.16. The van der Waals surface area contributed by atoms with Gasteiger partial charge in [0.1, 0.15) is 0 Å². The molecule has 0 unspecified atom stereocenters. The van der Waals surface area contributed by atoms with Gasteiger partial charge in [-0.15, -0.1) is 0 Å². The molecule has 0 aromatic rings. The van der Waals surface area contributed by atoms with E-state index in [-0.39, 0.29) is 19.1 Å². The SMILES string of the molecule is CC(C)CNC(=O)CNC(C)(C)CO. The number of amides is 1. The summed E-state index contributed by atoms with van der Waals surface area (Å²) in [5.41, 5.74) is -0.394. The van der Waals surface area contributed by atoms with Crippen LogP contribution in [-0.2, 0) is 4.79 Å². The molecule has 14 heavy (non-hydrogen) atoms. The average molecular weight is 202 g/mol. The summed E-state index contributed by atoms with van der Waals surface area (Å²) in [4.78, 5) is 11.3. The molecule has 0 aromatic carbocycles. The molecule has 1 amide bonds. The van der Waals surface area contributed by atoms with Crippen molar-refractivity contribution in [2.45, 2.75) is 33.2 Å². The van der Waals surface area contributed by atoms with E-state index >= 15 is 0 Å². The van der Waals surface area contributed by atoms with E-state index in [4.69, 9.17) is 5.11 Å². The highest BCUT2D eigenvalue weighted by Crippen LogP contribution is 1.97. The quantitative estimate of drug-likeness (QED) is 0.573. The minimum absolute atomic E-state index is 0.0183. The fourth-order valence-corrected chi connectivity index (χ4v) is 0.756. The molecule has 0 fully saturated rings. The average Bonchev–Trinajstić information content (AvgIpc) is 2.11. The molecule has 0 saturated heterocycles. The van der Waals surface area contributed by atoms with Crippen LogP contribution in [-0.4, -0.2) is 36.2 Å². The molecular formula is C10H22N2O2. The van der Waals surface area contributed by atoms with Crippen LogP contribution < -0.4 is 10.6 Å². The van der Waals surface area contributed by atoms with Gasteiger partial charge in [0.25, 0.3) is 0 Å². The lowest BCUT2D eigenvalue weighted by Gasteiger charge is -2.23. The summed E-state index contributed by atoms with van der Waals surface area (Å²) in [6, 6.07) is 0. The van der Waals surface area contributed by atoms with Crippen molar-refractivity contribution in [3.63, 3.8) is 0 Å². The van der Waals surface area contributed by atoms with E-state index in [1.54, 1.807) is 0 Å². The Morgan fingerprint density at radius 3 is 2.43 bits per heavy atom. The first kappa shape index (κ1) is 13.4. The Hall–Kier alpha value is -0.610. The van der Waals surface area contributed by atoms with Crippen LogP contribution in [0.1, 0.15) is 27.7 Å². The normalized spacial score (nSPS) is 11.9. The van der Waals surface area contributed by atoms with Gasteiger partial charge in [0.2, 0.25) is 5.91 Å². The molecule has 0 aromatic heterocycles. The molecule has 84 valence electrons. The fraction of sp³-hybridized carbons (Fsp3) is 0.900. The van der Waals surface area contributed by atoms with E-state index in [9.17, 15) is 4.79 Å². The van der Waals surface area contributed by atoms with E-state index in [1.807, 2.05) is 27.7 Å². The first-order chi connectivity index (χ1) is 6.37. The predicted molar refractivity (Wildman–Crippen MR) is 57.0 cm³/mol. The maximum Gasteiger partial charge on any atom is 0.233 e. The molecule has 0 rings (SSSR count). The Kier molecular flexibility index (Phi) is 5.72. The Morgan fingerprint density at radius 2 is 2.00 bits per heavy atom. The van der Waals surface area contributed by atoms with Crippen LogP contribution in [0.15, 0.2) is 0 Å². The van der Waals surface area contributed by atoms with Crippen molar-refractivity contribution in [1.82, 2.24) is 10.6 Å². The van der Waals surface area contributed by atoms with Crippen LogP contribution >= 0.6 is 0 Å². The first-order valence-corrected chi connectivity index (χ1v) is 5.00. The zero-order valence-electron chi connectivity index (χ0n) is 9.55. The van der Waals surface area contributed by atoms with Gasteiger partial charge in [-0.1, -0.05) is 13.8 Å². The number of aliphatic hydroxyl groups is 1. The predicted octanol–water partition coefficient (Wildman–Crippen LogP) is 0.119. The van der Waals surface area contributed by atoms with Crippen molar-refractivity contribution in [3.8, 4) is 0 Å². The van der Waals surface area contributed by atoms with Gasteiger partial charge in [-0.3, -0.25) is 4.79 Å². The molecule has 0 aliphatic carbocycles. The van der Waals surface area contributed by atoms with E-state index in [2.05, 4.69) is 10.6 Å². The summed E-state index contributed by atoms with van der Waals surface area (Å²) < 4.78 is 0. The molecule has 0 spiro atoms. The standard InChI is InChI=1S/C10H22N2O2/c1-8(2)5-11-9(14)6-12-10(3,4)7-13/h8,12-13H,5-7H2,1-4H3,(H,11,14). The van der Waals surface area contributed by atoms with Crippen molar-refractivity contribution >= 4 is 5.91 Å². The lowest BCUT2D eigenvalue weighted by molar-refractivity contribution is -0.120.